The van der Waals surface area contributed by atoms with Gasteiger partial charge in [0.1, 0.15) is 4.60 Å². The molecule has 0 saturated carbocycles. The van der Waals surface area contributed by atoms with Gasteiger partial charge < -0.3 is 14.7 Å². The van der Waals surface area contributed by atoms with Crippen molar-refractivity contribution in [1.29, 1.82) is 0 Å². The van der Waals surface area contributed by atoms with Gasteiger partial charge in [-0.05, 0) is 40.9 Å². The quantitative estimate of drug-likeness (QED) is 0.850. The van der Waals surface area contributed by atoms with E-state index in [1.807, 2.05) is 4.90 Å². The zero-order chi connectivity index (χ0) is 13.7. The van der Waals surface area contributed by atoms with Gasteiger partial charge in [-0.3, -0.25) is 4.79 Å². The third-order valence-corrected chi connectivity index (χ3v) is 3.62. The number of ether oxygens (including phenoxy) is 1. The Morgan fingerprint density at radius 2 is 2.21 bits per heavy atom. The molecule has 0 unspecified atom stereocenters. The number of halogens is 1. The zero-order valence-corrected chi connectivity index (χ0v) is 12.2. The van der Waals surface area contributed by atoms with Crippen molar-refractivity contribution in [1.82, 2.24) is 9.88 Å². The highest BCUT2D eigenvalue weighted by Crippen LogP contribution is 2.16. The van der Waals surface area contributed by atoms with Gasteiger partial charge in [-0.15, -0.1) is 0 Å². The van der Waals surface area contributed by atoms with Crippen LogP contribution in [0.4, 0.5) is 0 Å². The van der Waals surface area contributed by atoms with Crippen molar-refractivity contribution in [3.8, 4) is 0 Å². The van der Waals surface area contributed by atoms with Gasteiger partial charge in [0.2, 0.25) is 0 Å². The molecular weight excluding hydrogens is 312 g/mol. The fourth-order valence-electron chi connectivity index (χ4n) is 2.13. The third kappa shape index (κ3) is 3.99. The number of hydrogen-bond donors (Lipinski definition) is 1. The number of piperidine rings is 1. The average Bonchev–Trinajstić information content (AvgIpc) is 2.46. The number of carbonyl (C=O) groups excluding carboxylic acids is 1. The molecule has 6 heteroatoms. The van der Waals surface area contributed by atoms with E-state index in [1.54, 1.807) is 18.3 Å². The van der Waals surface area contributed by atoms with Crippen molar-refractivity contribution in [3.63, 3.8) is 0 Å². The number of aromatic nitrogens is 1. The molecule has 1 aliphatic heterocycles. The summed E-state index contributed by atoms with van der Waals surface area (Å²) in [6.45, 7) is 1.79. The van der Waals surface area contributed by atoms with E-state index in [1.165, 1.54) is 0 Å². The summed E-state index contributed by atoms with van der Waals surface area (Å²) < 4.78 is 6.20. The predicted octanol–water partition coefficient (Wildman–Crippen LogP) is 1.46. The first-order chi connectivity index (χ1) is 9.20. The van der Waals surface area contributed by atoms with Crippen LogP contribution in [-0.2, 0) is 4.74 Å². The lowest BCUT2D eigenvalue weighted by Crippen LogP contribution is -2.41. The van der Waals surface area contributed by atoms with Crippen molar-refractivity contribution in [2.45, 2.75) is 18.9 Å². The van der Waals surface area contributed by atoms with Crippen molar-refractivity contribution in [2.75, 3.05) is 26.3 Å². The number of hydrogen-bond acceptors (Lipinski definition) is 4. The van der Waals surface area contributed by atoms with E-state index in [0.717, 1.165) is 17.4 Å². The topological polar surface area (TPSA) is 62.7 Å². The molecule has 0 spiro atoms. The monoisotopic (exact) mass is 328 g/mol. The molecule has 5 nitrogen and oxygen atoms in total. The van der Waals surface area contributed by atoms with E-state index < -0.39 is 0 Å². The van der Waals surface area contributed by atoms with Crippen LogP contribution in [0.15, 0.2) is 22.9 Å². The Morgan fingerprint density at radius 1 is 1.47 bits per heavy atom. The first-order valence-electron chi connectivity index (χ1n) is 6.34. The average molecular weight is 329 g/mol. The number of carbonyl (C=O) groups is 1. The van der Waals surface area contributed by atoms with Gasteiger partial charge in [0.05, 0.1) is 24.9 Å². The van der Waals surface area contributed by atoms with Crippen LogP contribution < -0.4 is 0 Å². The number of likely N-dealkylation sites (tertiary alicyclic amines) is 1. The van der Waals surface area contributed by atoms with Gasteiger partial charge in [-0.2, -0.15) is 0 Å². The van der Waals surface area contributed by atoms with E-state index in [4.69, 9.17) is 9.84 Å². The summed E-state index contributed by atoms with van der Waals surface area (Å²) in [7, 11) is 0. The molecular formula is C13H17BrN2O3. The van der Waals surface area contributed by atoms with Crippen LogP contribution in [0, 0.1) is 0 Å². The smallest absolute Gasteiger partial charge is 0.255 e. The van der Waals surface area contributed by atoms with Crippen LogP contribution in [0.1, 0.15) is 23.2 Å². The lowest BCUT2D eigenvalue weighted by Gasteiger charge is -2.31. The predicted molar refractivity (Wildman–Crippen MR) is 73.9 cm³/mol. The van der Waals surface area contributed by atoms with Crippen molar-refractivity contribution in [3.05, 3.63) is 28.5 Å². The van der Waals surface area contributed by atoms with Crippen LogP contribution in [0.25, 0.3) is 0 Å². The summed E-state index contributed by atoms with van der Waals surface area (Å²) in [5.74, 6) is 0.0145. The molecule has 1 N–H and O–H groups in total. The van der Waals surface area contributed by atoms with E-state index in [2.05, 4.69) is 20.9 Å². The minimum Gasteiger partial charge on any atom is -0.394 e. The molecule has 2 rings (SSSR count). The van der Waals surface area contributed by atoms with Crippen LogP contribution in [-0.4, -0.2) is 53.3 Å². The molecule has 0 aromatic carbocycles. The Kier molecular flexibility index (Phi) is 5.30. The lowest BCUT2D eigenvalue weighted by atomic mass is 10.1. The maximum absolute atomic E-state index is 12.2. The zero-order valence-electron chi connectivity index (χ0n) is 10.6. The first-order valence-corrected chi connectivity index (χ1v) is 7.13. The Morgan fingerprint density at radius 3 is 2.79 bits per heavy atom. The summed E-state index contributed by atoms with van der Waals surface area (Å²) in [4.78, 5) is 18.1. The number of amides is 1. The van der Waals surface area contributed by atoms with Crippen molar-refractivity contribution >= 4 is 21.8 Å². The second-order valence-corrected chi connectivity index (χ2v) is 5.27. The number of pyridine rings is 1. The highest BCUT2D eigenvalue weighted by Gasteiger charge is 2.23. The Balaban J connectivity index is 1.87. The first kappa shape index (κ1) is 14.4. The van der Waals surface area contributed by atoms with Gasteiger partial charge in [0.15, 0.2) is 0 Å². The normalized spacial score (nSPS) is 16.6. The Bertz CT molecular complexity index is 416. The maximum atomic E-state index is 12.2. The van der Waals surface area contributed by atoms with Gasteiger partial charge in [0.25, 0.3) is 5.91 Å². The van der Waals surface area contributed by atoms with Crippen molar-refractivity contribution < 1.29 is 14.6 Å². The van der Waals surface area contributed by atoms with Crippen molar-refractivity contribution in [2.24, 2.45) is 0 Å². The molecule has 0 atom stereocenters. The SMILES string of the molecule is O=C(c1ccc(Br)nc1)N1CCC(OCCO)CC1. The number of nitrogens with zero attached hydrogens (tertiary/aromatic N) is 2. The molecule has 1 aromatic rings. The second-order valence-electron chi connectivity index (χ2n) is 4.46. The Hall–Kier alpha value is -0.980. The molecule has 1 saturated heterocycles. The van der Waals surface area contributed by atoms with Crippen LogP contribution in [0.2, 0.25) is 0 Å². The van der Waals surface area contributed by atoms with E-state index >= 15 is 0 Å². The summed E-state index contributed by atoms with van der Waals surface area (Å²) in [6, 6.07) is 3.54. The fourth-order valence-corrected chi connectivity index (χ4v) is 2.36. The highest BCUT2D eigenvalue weighted by atomic mass is 79.9. The van der Waals surface area contributed by atoms with Crippen LogP contribution in [0.3, 0.4) is 0 Å². The minimum absolute atomic E-state index is 0.0145. The largest absolute Gasteiger partial charge is 0.394 e. The molecule has 1 fully saturated rings. The van der Waals surface area contributed by atoms with E-state index in [9.17, 15) is 4.79 Å². The van der Waals surface area contributed by atoms with E-state index in [0.29, 0.717) is 25.3 Å². The molecule has 1 aromatic heterocycles. The standard InChI is InChI=1S/C13H17BrN2O3/c14-12-2-1-10(9-15-12)13(18)16-5-3-11(4-6-16)19-8-7-17/h1-2,9,11,17H,3-8H2. The Labute approximate surface area is 120 Å². The second kappa shape index (κ2) is 6.98. The molecule has 104 valence electrons. The molecule has 0 aliphatic carbocycles. The third-order valence-electron chi connectivity index (χ3n) is 3.15. The van der Waals surface area contributed by atoms with Crippen LogP contribution in [0.5, 0.6) is 0 Å². The van der Waals surface area contributed by atoms with Gasteiger partial charge >= 0.3 is 0 Å². The van der Waals surface area contributed by atoms with E-state index in [-0.39, 0.29) is 18.6 Å². The summed E-state index contributed by atoms with van der Waals surface area (Å²) >= 11 is 3.25. The minimum atomic E-state index is 0.0145. The summed E-state index contributed by atoms with van der Waals surface area (Å²) in [5.41, 5.74) is 0.609. The summed E-state index contributed by atoms with van der Waals surface area (Å²) in [5, 5.41) is 8.71. The van der Waals surface area contributed by atoms with Gasteiger partial charge in [0, 0.05) is 19.3 Å². The van der Waals surface area contributed by atoms with Gasteiger partial charge in [-0.25, -0.2) is 4.98 Å². The maximum Gasteiger partial charge on any atom is 0.255 e. The molecule has 0 radical (unpaired) electrons. The number of rotatable bonds is 4. The molecule has 1 aliphatic rings. The molecule has 0 bridgehead atoms. The molecule has 1 amide bonds. The number of aliphatic hydroxyl groups is 1. The van der Waals surface area contributed by atoms with Crippen LogP contribution >= 0.6 is 15.9 Å². The van der Waals surface area contributed by atoms with Gasteiger partial charge in [-0.1, -0.05) is 0 Å². The molecule has 2 heterocycles. The summed E-state index contributed by atoms with van der Waals surface area (Å²) in [6.07, 6.45) is 3.37. The fraction of sp³-hybridized carbons (Fsp3) is 0.538. The number of aliphatic hydroxyl groups excluding tert-OH is 1. The lowest BCUT2D eigenvalue weighted by molar-refractivity contribution is -0.00554. The molecule has 19 heavy (non-hydrogen) atoms. The highest BCUT2D eigenvalue weighted by molar-refractivity contribution is 9.10.